The molecule has 4 heteroatoms. The summed E-state index contributed by atoms with van der Waals surface area (Å²) in [5.41, 5.74) is 10.8. The Hall–Kier alpha value is -0.160. The van der Waals surface area contributed by atoms with Gasteiger partial charge in [-0.25, -0.2) is 0 Å². The lowest BCUT2D eigenvalue weighted by atomic mass is 10.2. The minimum Gasteiger partial charge on any atom is -0.370 e. The number of morpholine rings is 1. The van der Waals surface area contributed by atoms with Gasteiger partial charge in [0, 0.05) is 26.2 Å². The summed E-state index contributed by atoms with van der Waals surface area (Å²) in [6.07, 6.45) is 0.310. The maximum absolute atomic E-state index is 5.47. The molecule has 0 saturated carbocycles. The van der Waals surface area contributed by atoms with Crippen LogP contribution in [0.1, 0.15) is 0 Å². The first-order valence-corrected chi connectivity index (χ1v) is 3.63. The zero-order valence-electron chi connectivity index (χ0n) is 6.05. The van der Waals surface area contributed by atoms with Gasteiger partial charge in [-0.15, -0.1) is 0 Å². The Morgan fingerprint density at radius 1 is 1.20 bits per heavy atom. The van der Waals surface area contributed by atoms with E-state index in [0.29, 0.717) is 13.1 Å². The molecule has 1 aliphatic heterocycles. The highest BCUT2D eigenvalue weighted by molar-refractivity contribution is 4.74. The lowest BCUT2D eigenvalue weighted by Crippen LogP contribution is -2.50. The smallest absolute Gasteiger partial charge is 0.0826 e. The second-order valence-corrected chi connectivity index (χ2v) is 2.51. The first kappa shape index (κ1) is 7.94. The molecule has 0 aromatic carbocycles. The fraction of sp³-hybridized carbons (Fsp3) is 1.00. The van der Waals surface area contributed by atoms with E-state index in [0.717, 1.165) is 13.1 Å². The third-order valence-corrected chi connectivity index (χ3v) is 1.65. The number of rotatable bonds is 2. The Labute approximate surface area is 60.9 Å². The van der Waals surface area contributed by atoms with Crippen LogP contribution in [-0.4, -0.2) is 38.4 Å². The predicted octanol–water partition coefficient (Wildman–Crippen LogP) is -1.74. The molecule has 1 saturated heterocycles. The van der Waals surface area contributed by atoms with E-state index in [9.17, 15) is 0 Å². The highest BCUT2D eigenvalue weighted by Crippen LogP contribution is 2.00. The molecular weight excluding hydrogens is 130 g/mol. The van der Waals surface area contributed by atoms with Crippen LogP contribution in [0.3, 0.4) is 0 Å². The number of ether oxygens (including phenoxy) is 1. The van der Waals surface area contributed by atoms with Crippen LogP contribution in [0.25, 0.3) is 0 Å². The Morgan fingerprint density at radius 3 is 2.10 bits per heavy atom. The van der Waals surface area contributed by atoms with Crippen LogP contribution in [0.5, 0.6) is 0 Å². The van der Waals surface area contributed by atoms with E-state index < -0.39 is 0 Å². The molecule has 0 bridgehead atoms. The molecule has 1 aliphatic rings. The standard InChI is InChI=1S/C6H15N3O/c7-1-5-3-9-4-6(2-8)10-5/h5-6,9H,1-4,7-8H2. The van der Waals surface area contributed by atoms with Crippen molar-refractivity contribution in [1.82, 2.24) is 5.32 Å². The number of hydrogen-bond donors (Lipinski definition) is 3. The van der Waals surface area contributed by atoms with Crippen LogP contribution in [0, 0.1) is 0 Å². The molecule has 0 radical (unpaired) electrons. The second kappa shape index (κ2) is 3.88. The molecule has 10 heavy (non-hydrogen) atoms. The van der Waals surface area contributed by atoms with Crippen molar-refractivity contribution in [3.63, 3.8) is 0 Å². The van der Waals surface area contributed by atoms with E-state index in [1.54, 1.807) is 0 Å². The number of nitrogens with one attached hydrogen (secondary N) is 1. The summed E-state index contributed by atoms with van der Waals surface area (Å²) in [6, 6.07) is 0. The van der Waals surface area contributed by atoms with Crippen molar-refractivity contribution in [3.8, 4) is 0 Å². The summed E-state index contributed by atoms with van der Waals surface area (Å²) < 4.78 is 5.47. The molecule has 2 unspecified atom stereocenters. The van der Waals surface area contributed by atoms with Crippen molar-refractivity contribution in [1.29, 1.82) is 0 Å². The Balaban J connectivity index is 2.25. The largest absolute Gasteiger partial charge is 0.370 e. The van der Waals surface area contributed by atoms with Crippen molar-refractivity contribution >= 4 is 0 Å². The van der Waals surface area contributed by atoms with Gasteiger partial charge < -0.3 is 21.5 Å². The lowest BCUT2D eigenvalue weighted by molar-refractivity contribution is -0.0265. The second-order valence-electron chi connectivity index (χ2n) is 2.51. The quantitative estimate of drug-likeness (QED) is 0.431. The lowest BCUT2D eigenvalue weighted by Gasteiger charge is -2.29. The first-order chi connectivity index (χ1) is 4.86. The van der Waals surface area contributed by atoms with E-state index in [1.807, 2.05) is 0 Å². The van der Waals surface area contributed by atoms with Crippen molar-refractivity contribution in [2.24, 2.45) is 11.5 Å². The van der Waals surface area contributed by atoms with Crippen LogP contribution in [0.15, 0.2) is 0 Å². The van der Waals surface area contributed by atoms with E-state index >= 15 is 0 Å². The third kappa shape index (κ3) is 1.91. The van der Waals surface area contributed by atoms with Crippen LogP contribution in [-0.2, 0) is 4.74 Å². The monoisotopic (exact) mass is 145 g/mol. The molecule has 0 aliphatic carbocycles. The topological polar surface area (TPSA) is 73.3 Å². The van der Waals surface area contributed by atoms with E-state index in [1.165, 1.54) is 0 Å². The SMILES string of the molecule is NCC1CNCC(CN)O1. The molecule has 5 N–H and O–H groups in total. The van der Waals surface area contributed by atoms with Gasteiger partial charge in [0.15, 0.2) is 0 Å². The summed E-state index contributed by atoms with van der Waals surface area (Å²) in [5, 5.41) is 3.20. The van der Waals surface area contributed by atoms with Gasteiger partial charge in [0.05, 0.1) is 12.2 Å². The molecule has 60 valence electrons. The minimum atomic E-state index is 0.155. The Morgan fingerprint density at radius 2 is 1.70 bits per heavy atom. The first-order valence-electron chi connectivity index (χ1n) is 3.63. The van der Waals surface area contributed by atoms with E-state index in [2.05, 4.69) is 5.32 Å². The van der Waals surface area contributed by atoms with Gasteiger partial charge in [-0.05, 0) is 0 Å². The minimum absolute atomic E-state index is 0.155. The zero-order chi connectivity index (χ0) is 7.40. The molecule has 0 amide bonds. The van der Waals surface area contributed by atoms with Crippen LogP contribution in [0.4, 0.5) is 0 Å². The van der Waals surface area contributed by atoms with Gasteiger partial charge in [-0.2, -0.15) is 0 Å². The summed E-state index contributed by atoms with van der Waals surface area (Å²) in [7, 11) is 0. The van der Waals surface area contributed by atoms with Gasteiger partial charge >= 0.3 is 0 Å². The zero-order valence-corrected chi connectivity index (χ0v) is 6.05. The third-order valence-electron chi connectivity index (χ3n) is 1.65. The fourth-order valence-corrected chi connectivity index (χ4v) is 1.05. The fourth-order valence-electron chi connectivity index (χ4n) is 1.05. The van der Waals surface area contributed by atoms with Crippen molar-refractivity contribution in [2.45, 2.75) is 12.2 Å². The van der Waals surface area contributed by atoms with E-state index in [4.69, 9.17) is 16.2 Å². The normalized spacial score (nSPS) is 34.2. The summed E-state index contributed by atoms with van der Waals surface area (Å²) in [6.45, 7) is 2.85. The molecule has 0 aromatic rings. The molecule has 1 heterocycles. The summed E-state index contributed by atoms with van der Waals surface area (Å²) in [4.78, 5) is 0. The maximum Gasteiger partial charge on any atom is 0.0826 e. The molecule has 4 nitrogen and oxygen atoms in total. The van der Waals surface area contributed by atoms with Gasteiger partial charge in [-0.1, -0.05) is 0 Å². The average molecular weight is 145 g/mol. The number of hydrogen-bond acceptors (Lipinski definition) is 4. The molecule has 0 aromatic heterocycles. The van der Waals surface area contributed by atoms with Gasteiger partial charge in [0.1, 0.15) is 0 Å². The van der Waals surface area contributed by atoms with Gasteiger partial charge in [0.2, 0.25) is 0 Å². The van der Waals surface area contributed by atoms with Crippen molar-refractivity contribution in [3.05, 3.63) is 0 Å². The van der Waals surface area contributed by atoms with Crippen LogP contribution >= 0.6 is 0 Å². The Bertz CT molecular complexity index is 89.0. The summed E-state index contributed by atoms with van der Waals surface area (Å²) in [5.74, 6) is 0. The van der Waals surface area contributed by atoms with Gasteiger partial charge in [-0.3, -0.25) is 0 Å². The summed E-state index contributed by atoms with van der Waals surface area (Å²) >= 11 is 0. The number of nitrogens with two attached hydrogens (primary N) is 2. The average Bonchev–Trinajstić information content (AvgIpc) is 2.05. The molecular formula is C6H15N3O. The van der Waals surface area contributed by atoms with Gasteiger partial charge in [0.25, 0.3) is 0 Å². The van der Waals surface area contributed by atoms with Crippen molar-refractivity contribution < 1.29 is 4.74 Å². The van der Waals surface area contributed by atoms with Crippen LogP contribution < -0.4 is 16.8 Å². The highest BCUT2D eigenvalue weighted by atomic mass is 16.5. The molecule has 0 spiro atoms. The molecule has 1 fully saturated rings. The van der Waals surface area contributed by atoms with Crippen molar-refractivity contribution in [2.75, 3.05) is 26.2 Å². The Kier molecular flexibility index (Phi) is 3.08. The molecule has 2 atom stereocenters. The van der Waals surface area contributed by atoms with Crippen LogP contribution in [0.2, 0.25) is 0 Å². The predicted molar refractivity (Wildman–Crippen MR) is 39.6 cm³/mol. The molecule has 1 rings (SSSR count). The van der Waals surface area contributed by atoms with E-state index in [-0.39, 0.29) is 12.2 Å². The highest BCUT2D eigenvalue weighted by Gasteiger charge is 2.18. The maximum atomic E-state index is 5.47.